The molecule has 0 aromatic rings. The summed E-state index contributed by atoms with van der Waals surface area (Å²) in [6.45, 7) is 0.639. The second-order valence-corrected chi connectivity index (χ2v) is 6.97. The van der Waals surface area contributed by atoms with Gasteiger partial charge < -0.3 is 9.47 Å². The molecule has 1 amide bonds. The van der Waals surface area contributed by atoms with Gasteiger partial charge in [0.05, 0.1) is 10.6 Å². The molecular weight excluding hydrogens is 258 g/mol. The summed E-state index contributed by atoms with van der Waals surface area (Å²) < 4.78 is 34.2. The normalized spacial score (nSPS) is 32.1. The number of carbonyl (C=O) groups excluding carboxylic acids is 1. The molecule has 100 valence electrons. The van der Waals surface area contributed by atoms with Crippen molar-refractivity contribution in [3.8, 4) is 0 Å². The molecule has 3 aliphatic rings. The highest BCUT2D eigenvalue weighted by Gasteiger charge is 2.47. The van der Waals surface area contributed by atoms with E-state index in [4.69, 9.17) is 9.47 Å². The van der Waals surface area contributed by atoms with Gasteiger partial charge in [0, 0.05) is 18.8 Å². The third-order valence-electron chi connectivity index (χ3n) is 3.70. The Hall–Kier alpha value is -1.08. The van der Waals surface area contributed by atoms with Gasteiger partial charge in [-0.2, -0.15) is 0 Å². The van der Waals surface area contributed by atoms with Crippen molar-refractivity contribution in [3.05, 3.63) is 10.6 Å². The first-order chi connectivity index (χ1) is 8.48. The first-order valence-corrected chi connectivity index (χ1v) is 7.87. The van der Waals surface area contributed by atoms with E-state index in [-0.39, 0.29) is 18.8 Å². The van der Waals surface area contributed by atoms with E-state index in [1.165, 1.54) is 11.2 Å². The molecule has 0 unspecified atom stereocenters. The predicted octanol–water partition coefficient (Wildman–Crippen LogP) is 0.851. The number of hydrogen-bond acceptors (Lipinski definition) is 5. The number of rotatable bonds is 1. The molecule has 7 heteroatoms. The lowest BCUT2D eigenvalue weighted by Gasteiger charge is -2.40. The van der Waals surface area contributed by atoms with Crippen LogP contribution in [0.4, 0.5) is 4.79 Å². The number of nitrogens with zero attached hydrogens (tertiary/aromatic N) is 1. The molecule has 0 aliphatic carbocycles. The van der Waals surface area contributed by atoms with E-state index in [0.717, 1.165) is 12.8 Å². The van der Waals surface area contributed by atoms with Gasteiger partial charge in [-0.1, -0.05) is 0 Å². The number of ether oxygens (including phenoxy) is 2. The standard InChI is InChI=1S/C11H15NO5S/c1-18(14,15)9-5-7-3-2-4-16-10(7)12-8(9)6-17-11(12)13/h7,10H,2-6H2,1H3/t7-,10+/m0/s1. The van der Waals surface area contributed by atoms with Gasteiger partial charge in [0.15, 0.2) is 9.84 Å². The van der Waals surface area contributed by atoms with Crippen LogP contribution in [0.25, 0.3) is 0 Å². The molecule has 3 rings (SSSR count). The molecule has 2 fully saturated rings. The Morgan fingerprint density at radius 2 is 2.17 bits per heavy atom. The molecule has 0 radical (unpaired) electrons. The van der Waals surface area contributed by atoms with E-state index >= 15 is 0 Å². The fraction of sp³-hybridized carbons (Fsp3) is 0.727. The Morgan fingerprint density at radius 3 is 2.89 bits per heavy atom. The van der Waals surface area contributed by atoms with Gasteiger partial charge in [0.25, 0.3) is 0 Å². The van der Waals surface area contributed by atoms with Crippen LogP contribution in [0, 0.1) is 5.92 Å². The number of cyclic esters (lactones) is 1. The van der Waals surface area contributed by atoms with Gasteiger partial charge in [0.2, 0.25) is 0 Å². The zero-order valence-electron chi connectivity index (χ0n) is 10.1. The monoisotopic (exact) mass is 273 g/mol. The molecular formula is C11H15NO5S. The minimum atomic E-state index is -3.30. The van der Waals surface area contributed by atoms with Crippen LogP contribution < -0.4 is 0 Å². The molecule has 2 atom stereocenters. The Labute approximate surface area is 105 Å². The largest absolute Gasteiger partial charge is 0.443 e. The van der Waals surface area contributed by atoms with Gasteiger partial charge in [-0.25, -0.2) is 13.2 Å². The van der Waals surface area contributed by atoms with Crippen molar-refractivity contribution in [2.75, 3.05) is 19.5 Å². The third-order valence-corrected chi connectivity index (χ3v) is 5.00. The summed E-state index contributed by atoms with van der Waals surface area (Å²) in [6, 6.07) is 0. The minimum Gasteiger partial charge on any atom is -0.443 e. The molecule has 3 aliphatic heterocycles. The summed E-state index contributed by atoms with van der Waals surface area (Å²) in [7, 11) is -3.30. The minimum absolute atomic E-state index is 0.0355. The van der Waals surface area contributed by atoms with Gasteiger partial charge in [-0.15, -0.1) is 0 Å². The molecule has 0 aromatic carbocycles. The molecule has 3 heterocycles. The molecule has 0 spiro atoms. The van der Waals surface area contributed by atoms with Crippen molar-refractivity contribution in [1.29, 1.82) is 0 Å². The average molecular weight is 273 g/mol. The topological polar surface area (TPSA) is 72.9 Å². The van der Waals surface area contributed by atoms with E-state index in [1.54, 1.807) is 0 Å². The lowest BCUT2D eigenvalue weighted by molar-refractivity contribution is -0.0943. The number of allylic oxidation sites excluding steroid dienone is 1. The maximum Gasteiger partial charge on any atom is 0.416 e. The van der Waals surface area contributed by atoms with Crippen LogP contribution in [0.5, 0.6) is 0 Å². The van der Waals surface area contributed by atoms with Crippen LogP contribution in [-0.2, 0) is 19.3 Å². The fourth-order valence-corrected chi connectivity index (χ4v) is 3.99. The number of amides is 1. The molecule has 0 saturated carbocycles. The first kappa shape index (κ1) is 12.0. The van der Waals surface area contributed by atoms with E-state index in [1.807, 2.05) is 0 Å². The Morgan fingerprint density at radius 1 is 1.39 bits per heavy atom. The lowest BCUT2D eigenvalue weighted by atomic mass is 9.91. The van der Waals surface area contributed by atoms with Crippen molar-refractivity contribution in [2.45, 2.75) is 25.5 Å². The van der Waals surface area contributed by atoms with Crippen LogP contribution in [-0.4, -0.2) is 45.1 Å². The highest BCUT2D eigenvalue weighted by Crippen LogP contribution is 2.41. The molecule has 0 N–H and O–H groups in total. The lowest BCUT2D eigenvalue weighted by Crippen LogP contribution is -2.48. The molecule has 18 heavy (non-hydrogen) atoms. The zero-order chi connectivity index (χ0) is 12.9. The van der Waals surface area contributed by atoms with Crippen molar-refractivity contribution in [3.63, 3.8) is 0 Å². The van der Waals surface area contributed by atoms with E-state index in [2.05, 4.69) is 0 Å². The predicted molar refractivity (Wildman–Crippen MR) is 62.1 cm³/mol. The maximum absolute atomic E-state index is 11.8. The smallest absolute Gasteiger partial charge is 0.416 e. The van der Waals surface area contributed by atoms with Crippen LogP contribution in [0.1, 0.15) is 19.3 Å². The number of fused-ring (bicyclic) bond motifs is 3. The summed E-state index contributed by atoms with van der Waals surface area (Å²) >= 11 is 0. The van der Waals surface area contributed by atoms with E-state index in [9.17, 15) is 13.2 Å². The summed E-state index contributed by atoms with van der Waals surface area (Å²) in [6.07, 6.45) is 2.56. The molecule has 6 nitrogen and oxygen atoms in total. The Balaban J connectivity index is 2.09. The number of sulfone groups is 1. The zero-order valence-corrected chi connectivity index (χ0v) is 10.9. The van der Waals surface area contributed by atoms with E-state index in [0.29, 0.717) is 23.6 Å². The molecule has 0 bridgehead atoms. The van der Waals surface area contributed by atoms with Crippen LogP contribution >= 0.6 is 0 Å². The van der Waals surface area contributed by atoms with Crippen LogP contribution in [0.2, 0.25) is 0 Å². The average Bonchev–Trinajstić information content (AvgIpc) is 2.70. The quantitative estimate of drug-likeness (QED) is 0.708. The summed E-state index contributed by atoms with van der Waals surface area (Å²) in [5.74, 6) is 0.0536. The fourth-order valence-electron chi connectivity index (χ4n) is 2.89. The molecule has 2 saturated heterocycles. The van der Waals surface area contributed by atoms with Crippen molar-refractivity contribution >= 4 is 15.9 Å². The number of hydrogen-bond donors (Lipinski definition) is 0. The van der Waals surface area contributed by atoms with Crippen LogP contribution in [0.15, 0.2) is 10.6 Å². The SMILES string of the molecule is CS(=O)(=O)C1=C2COC(=O)N2[C@@H]2OCCC[C@H]2C1. The summed E-state index contributed by atoms with van der Waals surface area (Å²) in [4.78, 5) is 13.5. The Kier molecular flexibility index (Phi) is 2.63. The maximum atomic E-state index is 11.8. The first-order valence-electron chi connectivity index (χ1n) is 5.98. The van der Waals surface area contributed by atoms with Crippen LogP contribution in [0.3, 0.4) is 0 Å². The summed E-state index contributed by atoms with van der Waals surface area (Å²) in [5, 5.41) is 0. The number of carbonyl (C=O) groups is 1. The van der Waals surface area contributed by atoms with Gasteiger partial charge >= 0.3 is 6.09 Å². The van der Waals surface area contributed by atoms with Crippen molar-refractivity contribution in [2.24, 2.45) is 5.92 Å². The second kappa shape index (κ2) is 3.96. The highest BCUT2D eigenvalue weighted by atomic mass is 32.2. The van der Waals surface area contributed by atoms with Gasteiger partial charge in [-0.05, 0) is 19.3 Å². The highest BCUT2D eigenvalue weighted by molar-refractivity contribution is 7.94. The third kappa shape index (κ3) is 1.73. The van der Waals surface area contributed by atoms with Crippen molar-refractivity contribution in [1.82, 2.24) is 4.90 Å². The molecule has 0 aromatic heterocycles. The Bertz CT molecular complexity index is 524. The second-order valence-electron chi connectivity index (χ2n) is 4.93. The summed E-state index contributed by atoms with van der Waals surface area (Å²) in [5.41, 5.74) is 0.464. The van der Waals surface area contributed by atoms with Gasteiger partial charge in [-0.3, -0.25) is 4.90 Å². The van der Waals surface area contributed by atoms with Crippen molar-refractivity contribution < 1.29 is 22.7 Å². The van der Waals surface area contributed by atoms with Gasteiger partial charge in [0.1, 0.15) is 12.8 Å². The van der Waals surface area contributed by atoms with E-state index < -0.39 is 15.9 Å².